The third-order valence-corrected chi connectivity index (χ3v) is 7.06. The predicted octanol–water partition coefficient (Wildman–Crippen LogP) is 3.69. The van der Waals surface area contributed by atoms with E-state index in [-0.39, 0.29) is 42.2 Å². The minimum Gasteiger partial charge on any atom is -0.480 e. The molecule has 4 aromatic rings. The number of aromatic nitrogens is 5. The summed E-state index contributed by atoms with van der Waals surface area (Å²) in [6.07, 6.45) is -0.540. The van der Waals surface area contributed by atoms with E-state index in [1.54, 1.807) is 6.08 Å². The van der Waals surface area contributed by atoms with Gasteiger partial charge in [-0.05, 0) is 24.6 Å². The summed E-state index contributed by atoms with van der Waals surface area (Å²) in [5, 5.41) is 0.618. The van der Waals surface area contributed by atoms with Crippen molar-refractivity contribution in [1.82, 2.24) is 29.4 Å². The normalized spacial score (nSPS) is 13.8. The number of amides is 1. The lowest BCUT2D eigenvalue weighted by atomic mass is 10.0. The molecular formula is C25H21F4N6O2P. The average Bonchev–Trinajstić information content (AvgIpc) is 3.15. The molecule has 0 fully saturated rings. The van der Waals surface area contributed by atoms with Crippen LogP contribution in [0.4, 0.5) is 17.6 Å². The zero-order valence-corrected chi connectivity index (χ0v) is 21.4. The molecule has 1 aliphatic rings. The van der Waals surface area contributed by atoms with Crippen LogP contribution in [-0.4, -0.2) is 49.0 Å². The summed E-state index contributed by atoms with van der Waals surface area (Å²) in [5.41, 5.74) is 0.684. The summed E-state index contributed by atoms with van der Waals surface area (Å²) in [6.45, 7) is -0.140. The molecule has 196 valence electrons. The summed E-state index contributed by atoms with van der Waals surface area (Å²) < 4.78 is 63.1. The smallest absolute Gasteiger partial charge is 0.433 e. The Hall–Kier alpha value is -3.92. The van der Waals surface area contributed by atoms with E-state index in [0.29, 0.717) is 22.5 Å². The fraction of sp³-hybridized carbons (Fsp3) is 0.240. The maximum Gasteiger partial charge on any atom is 0.433 e. The van der Waals surface area contributed by atoms with Gasteiger partial charge in [0.15, 0.2) is 11.5 Å². The van der Waals surface area contributed by atoms with E-state index < -0.39 is 23.6 Å². The van der Waals surface area contributed by atoms with Gasteiger partial charge in [0, 0.05) is 36.2 Å². The first-order chi connectivity index (χ1) is 18.1. The number of nitrogens with zero attached hydrogens (tertiary/aromatic N) is 6. The first-order valence-corrected chi connectivity index (χ1v) is 12.0. The monoisotopic (exact) mass is 544 g/mol. The Labute approximate surface area is 216 Å². The lowest BCUT2D eigenvalue weighted by molar-refractivity contribution is -0.142. The molecule has 0 radical (unpaired) electrons. The number of ether oxygens (including phenoxy) is 1. The van der Waals surface area contributed by atoms with Crippen molar-refractivity contribution in [2.75, 3.05) is 13.7 Å². The Bertz CT molecular complexity index is 1600. The van der Waals surface area contributed by atoms with Gasteiger partial charge in [0.1, 0.15) is 17.8 Å². The fourth-order valence-corrected chi connectivity index (χ4v) is 4.84. The molecule has 4 heterocycles. The van der Waals surface area contributed by atoms with Gasteiger partial charge >= 0.3 is 6.18 Å². The van der Waals surface area contributed by atoms with E-state index in [0.717, 1.165) is 11.5 Å². The number of benzene rings is 1. The van der Waals surface area contributed by atoms with Crippen molar-refractivity contribution in [1.29, 1.82) is 0 Å². The van der Waals surface area contributed by atoms with Crippen LogP contribution in [0.3, 0.4) is 0 Å². The third kappa shape index (κ3) is 4.49. The molecule has 8 nitrogen and oxygen atoms in total. The Morgan fingerprint density at radius 3 is 2.66 bits per heavy atom. The van der Waals surface area contributed by atoms with Gasteiger partial charge in [-0.2, -0.15) is 13.2 Å². The minimum absolute atomic E-state index is 0.0329. The molecule has 1 unspecified atom stereocenters. The van der Waals surface area contributed by atoms with Gasteiger partial charge in [-0.15, -0.1) is 0 Å². The van der Waals surface area contributed by atoms with Crippen molar-refractivity contribution in [2.45, 2.75) is 19.1 Å². The average molecular weight is 544 g/mol. The number of rotatable bonds is 4. The predicted molar refractivity (Wildman–Crippen MR) is 135 cm³/mol. The maximum atomic E-state index is 14.3. The number of hydrogen-bond donors (Lipinski definition) is 0. The summed E-state index contributed by atoms with van der Waals surface area (Å²) in [5.74, 6) is -1.20. The number of hydrogen-bond acceptors (Lipinski definition) is 6. The van der Waals surface area contributed by atoms with Crippen molar-refractivity contribution in [2.24, 2.45) is 7.05 Å². The number of alkyl halides is 3. The van der Waals surface area contributed by atoms with Crippen molar-refractivity contribution >= 4 is 37.7 Å². The van der Waals surface area contributed by atoms with Crippen LogP contribution in [0.2, 0.25) is 0 Å². The summed E-state index contributed by atoms with van der Waals surface area (Å²) in [7, 11) is 5.88. The van der Waals surface area contributed by atoms with Gasteiger partial charge in [0.25, 0.3) is 0 Å². The van der Waals surface area contributed by atoms with Crippen LogP contribution in [0, 0.1) is 5.82 Å². The highest BCUT2D eigenvalue weighted by atomic mass is 31.0. The maximum absolute atomic E-state index is 14.3. The molecule has 0 saturated heterocycles. The minimum atomic E-state index is -4.76. The molecule has 1 atom stereocenters. The second-order valence-corrected chi connectivity index (χ2v) is 9.13. The molecule has 0 bridgehead atoms. The van der Waals surface area contributed by atoms with Gasteiger partial charge in [-0.25, -0.2) is 24.3 Å². The van der Waals surface area contributed by atoms with Crippen molar-refractivity contribution in [3.8, 4) is 17.3 Å². The Morgan fingerprint density at radius 2 is 1.95 bits per heavy atom. The Kier molecular flexibility index (Phi) is 6.60. The van der Waals surface area contributed by atoms with Crippen LogP contribution in [0.15, 0.2) is 36.7 Å². The number of fused-ring (bicyclic) bond motifs is 2. The van der Waals surface area contributed by atoms with Crippen LogP contribution < -0.4 is 10.2 Å². The highest BCUT2D eigenvalue weighted by Gasteiger charge is 2.39. The summed E-state index contributed by atoms with van der Waals surface area (Å²) >= 11 is 0. The largest absolute Gasteiger partial charge is 0.480 e. The quantitative estimate of drug-likeness (QED) is 0.221. The van der Waals surface area contributed by atoms with Crippen LogP contribution in [0.25, 0.3) is 28.5 Å². The van der Waals surface area contributed by atoms with E-state index in [1.807, 2.05) is 11.6 Å². The molecule has 0 spiro atoms. The lowest BCUT2D eigenvalue weighted by Crippen LogP contribution is -2.37. The topological polar surface area (TPSA) is 86.0 Å². The zero-order valence-electron chi connectivity index (χ0n) is 20.3. The molecule has 1 aromatic carbocycles. The second-order valence-electron chi connectivity index (χ2n) is 8.58. The summed E-state index contributed by atoms with van der Waals surface area (Å²) in [6, 6.07) is 5.35. The van der Waals surface area contributed by atoms with Gasteiger partial charge in [-0.1, -0.05) is 21.4 Å². The molecular weight excluding hydrogens is 523 g/mol. The highest BCUT2D eigenvalue weighted by molar-refractivity contribution is 7.27. The number of aryl methyl sites for hydroxylation is 1. The third-order valence-electron chi connectivity index (χ3n) is 6.36. The Morgan fingerprint density at radius 1 is 1.18 bits per heavy atom. The molecule has 1 aliphatic heterocycles. The van der Waals surface area contributed by atoms with E-state index in [2.05, 4.69) is 29.2 Å². The summed E-state index contributed by atoms with van der Waals surface area (Å²) in [4.78, 5) is 30.8. The zero-order chi connectivity index (χ0) is 27.2. The first-order valence-electron chi connectivity index (χ1n) is 11.4. The lowest BCUT2D eigenvalue weighted by Gasteiger charge is -2.29. The molecule has 0 N–H and O–H groups in total. The highest BCUT2D eigenvalue weighted by Crippen LogP contribution is 2.36. The SMILES string of the molecule is COc1ncnc2c1c(/C=C/C(=O)N1CCc3c(nc(-c4ccccc4F)nc3C(F)(F)F)C1)c(P)n2C. The molecule has 13 heteroatoms. The molecule has 0 aliphatic carbocycles. The number of carbonyl (C=O) groups excluding carboxylic acids is 1. The van der Waals surface area contributed by atoms with E-state index >= 15 is 0 Å². The van der Waals surface area contributed by atoms with Crippen molar-refractivity contribution in [3.05, 3.63) is 65.0 Å². The van der Waals surface area contributed by atoms with Crippen molar-refractivity contribution in [3.63, 3.8) is 0 Å². The van der Waals surface area contributed by atoms with E-state index in [1.165, 1.54) is 42.6 Å². The first kappa shape index (κ1) is 25.7. The van der Waals surface area contributed by atoms with Gasteiger partial charge in [0.2, 0.25) is 11.8 Å². The van der Waals surface area contributed by atoms with E-state index in [9.17, 15) is 22.4 Å². The van der Waals surface area contributed by atoms with E-state index in [4.69, 9.17) is 4.74 Å². The van der Waals surface area contributed by atoms with Gasteiger partial charge < -0.3 is 14.2 Å². The number of carbonyl (C=O) groups is 1. The number of methoxy groups -OCH3 is 1. The van der Waals surface area contributed by atoms with Gasteiger partial charge in [0.05, 0.1) is 30.3 Å². The van der Waals surface area contributed by atoms with Crippen molar-refractivity contribution < 1.29 is 27.1 Å². The molecule has 38 heavy (non-hydrogen) atoms. The van der Waals surface area contributed by atoms with Crippen LogP contribution in [0.5, 0.6) is 5.88 Å². The molecule has 0 saturated carbocycles. The van der Waals surface area contributed by atoms with Gasteiger partial charge in [-0.3, -0.25) is 4.79 Å². The van der Waals surface area contributed by atoms with Crippen LogP contribution in [0.1, 0.15) is 22.5 Å². The molecule has 1 amide bonds. The standard InChI is InChI=1S/C25H21F4N6O2P/c1-34-22-19(23(37-2)31-12-30-22)15(24(34)38)7-8-18(36)35-10-9-14-17(11-35)32-21(33-20(14)25(27,28)29)13-5-3-4-6-16(13)26/h3-8,12H,9-11,38H2,1-2H3/b8-7+. The fourth-order valence-electron chi connectivity index (χ4n) is 4.47. The van der Waals surface area contributed by atoms with Crippen LogP contribution in [-0.2, 0) is 31.0 Å². The molecule has 5 rings (SSSR count). The number of halogens is 4. The molecule has 3 aromatic heterocycles. The van der Waals surface area contributed by atoms with Crippen LogP contribution >= 0.6 is 9.24 Å². The Balaban J connectivity index is 1.49. The second kappa shape index (κ2) is 9.75.